The Bertz CT molecular complexity index is 160. The van der Waals surface area contributed by atoms with Crippen LogP contribution in [-0.4, -0.2) is 18.5 Å². The Labute approximate surface area is 59.4 Å². The topological polar surface area (TPSA) is 24.4 Å². The standard InChI is InChI=1S/C6H10N2S/c1-5-3-6(9-2)4-7-8-5/h3,7H,4H2,1-2H3. The predicted molar refractivity (Wildman–Crippen MR) is 42.7 cm³/mol. The quantitative estimate of drug-likeness (QED) is 0.595. The molecule has 0 unspecified atom stereocenters. The van der Waals surface area contributed by atoms with Crippen molar-refractivity contribution in [2.75, 3.05) is 12.8 Å². The van der Waals surface area contributed by atoms with Gasteiger partial charge < -0.3 is 5.43 Å². The summed E-state index contributed by atoms with van der Waals surface area (Å²) in [6.07, 6.45) is 4.17. The molecule has 1 heterocycles. The maximum absolute atomic E-state index is 4.00. The molecule has 0 aromatic carbocycles. The number of nitrogens with one attached hydrogen (secondary N) is 1. The lowest BCUT2D eigenvalue weighted by atomic mass is 10.3. The van der Waals surface area contributed by atoms with Crippen molar-refractivity contribution in [1.82, 2.24) is 5.43 Å². The Morgan fingerprint density at radius 2 is 2.56 bits per heavy atom. The first-order valence-electron chi connectivity index (χ1n) is 2.84. The number of hydrazone groups is 1. The van der Waals surface area contributed by atoms with E-state index < -0.39 is 0 Å². The van der Waals surface area contributed by atoms with E-state index in [0.29, 0.717) is 0 Å². The van der Waals surface area contributed by atoms with Gasteiger partial charge >= 0.3 is 0 Å². The van der Waals surface area contributed by atoms with E-state index in [1.54, 1.807) is 11.8 Å². The van der Waals surface area contributed by atoms with Crippen LogP contribution in [0, 0.1) is 0 Å². The number of nitrogens with zero attached hydrogens (tertiary/aromatic N) is 1. The second kappa shape index (κ2) is 2.92. The number of allylic oxidation sites excluding steroid dienone is 1. The van der Waals surface area contributed by atoms with Crippen molar-refractivity contribution in [3.8, 4) is 0 Å². The zero-order chi connectivity index (χ0) is 6.69. The largest absolute Gasteiger partial charge is 0.305 e. The van der Waals surface area contributed by atoms with E-state index in [1.807, 2.05) is 6.92 Å². The lowest BCUT2D eigenvalue weighted by Gasteiger charge is -2.08. The Kier molecular flexibility index (Phi) is 2.16. The van der Waals surface area contributed by atoms with Gasteiger partial charge in [0.15, 0.2) is 0 Å². The van der Waals surface area contributed by atoms with Crippen molar-refractivity contribution in [3.63, 3.8) is 0 Å². The van der Waals surface area contributed by atoms with Gasteiger partial charge in [-0.25, -0.2) is 0 Å². The molecule has 0 fully saturated rings. The van der Waals surface area contributed by atoms with Gasteiger partial charge in [0.1, 0.15) is 0 Å². The molecule has 0 spiro atoms. The second-order valence-corrected chi connectivity index (χ2v) is 2.84. The summed E-state index contributed by atoms with van der Waals surface area (Å²) in [7, 11) is 0. The van der Waals surface area contributed by atoms with Crippen LogP contribution in [0.5, 0.6) is 0 Å². The monoisotopic (exact) mass is 142 g/mol. The minimum Gasteiger partial charge on any atom is -0.305 e. The molecule has 0 bridgehead atoms. The van der Waals surface area contributed by atoms with Gasteiger partial charge in [-0.1, -0.05) is 0 Å². The van der Waals surface area contributed by atoms with Gasteiger partial charge in [0.05, 0.1) is 12.3 Å². The van der Waals surface area contributed by atoms with Crippen molar-refractivity contribution in [1.29, 1.82) is 0 Å². The van der Waals surface area contributed by atoms with Crippen LogP contribution in [-0.2, 0) is 0 Å². The SMILES string of the molecule is CSC1=CC(C)=NNC1. The Morgan fingerprint density at radius 3 is 3.00 bits per heavy atom. The first kappa shape index (κ1) is 6.68. The number of thioether (sulfide) groups is 1. The van der Waals surface area contributed by atoms with Crippen LogP contribution >= 0.6 is 11.8 Å². The summed E-state index contributed by atoms with van der Waals surface area (Å²) in [5, 5.41) is 4.00. The normalized spacial score (nSPS) is 18.0. The highest BCUT2D eigenvalue weighted by Crippen LogP contribution is 2.11. The van der Waals surface area contributed by atoms with Gasteiger partial charge in [0, 0.05) is 4.91 Å². The van der Waals surface area contributed by atoms with Crippen molar-refractivity contribution >= 4 is 17.5 Å². The minimum absolute atomic E-state index is 0.887. The van der Waals surface area contributed by atoms with Gasteiger partial charge in [-0.05, 0) is 19.3 Å². The predicted octanol–water partition coefficient (Wildman–Crippen LogP) is 1.21. The van der Waals surface area contributed by atoms with E-state index >= 15 is 0 Å². The van der Waals surface area contributed by atoms with E-state index in [-0.39, 0.29) is 0 Å². The molecule has 0 atom stereocenters. The summed E-state index contributed by atoms with van der Waals surface area (Å²) in [5.41, 5.74) is 4.00. The third kappa shape index (κ3) is 1.75. The van der Waals surface area contributed by atoms with Crippen molar-refractivity contribution < 1.29 is 0 Å². The molecular weight excluding hydrogens is 132 g/mol. The van der Waals surface area contributed by atoms with E-state index in [2.05, 4.69) is 22.9 Å². The molecule has 1 aliphatic heterocycles. The van der Waals surface area contributed by atoms with Crippen LogP contribution in [0.15, 0.2) is 16.1 Å². The number of hydrogen-bond acceptors (Lipinski definition) is 3. The maximum Gasteiger partial charge on any atom is 0.0639 e. The smallest absolute Gasteiger partial charge is 0.0639 e. The third-order valence-corrected chi connectivity index (χ3v) is 1.93. The average molecular weight is 142 g/mol. The van der Waals surface area contributed by atoms with Gasteiger partial charge in [0.2, 0.25) is 0 Å². The molecule has 3 heteroatoms. The number of rotatable bonds is 1. The average Bonchev–Trinajstić information content (AvgIpc) is 1.88. The second-order valence-electron chi connectivity index (χ2n) is 1.90. The fraction of sp³-hybridized carbons (Fsp3) is 0.500. The van der Waals surface area contributed by atoms with Gasteiger partial charge in [-0.2, -0.15) is 5.10 Å². The highest BCUT2D eigenvalue weighted by Gasteiger charge is 1.99. The molecule has 0 aromatic heterocycles. The number of hydrogen-bond donors (Lipinski definition) is 1. The van der Waals surface area contributed by atoms with Crippen molar-refractivity contribution in [3.05, 3.63) is 11.0 Å². The summed E-state index contributed by atoms with van der Waals surface area (Å²) in [4.78, 5) is 1.35. The minimum atomic E-state index is 0.887. The molecule has 0 saturated carbocycles. The fourth-order valence-electron chi connectivity index (χ4n) is 0.690. The van der Waals surface area contributed by atoms with Crippen LogP contribution < -0.4 is 5.43 Å². The summed E-state index contributed by atoms with van der Waals surface area (Å²) in [6, 6.07) is 0. The molecule has 1 N–H and O–H groups in total. The zero-order valence-corrected chi connectivity index (χ0v) is 6.46. The molecule has 0 amide bonds. The van der Waals surface area contributed by atoms with Crippen LogP contribution in [0.4, 0.5) is 0 Å². The summed E-state index contributed by atoms with van der Waals surface area (Å²) < 4.78 is 0. The molecule has 50 valence electrons. The van der Waals surface area contributed by atoms with E-state index in [9.17, 15) is 0 Å². The van der Waals surface area contributed by atoms with E-state index in [4.69, 9.17) is 0 Å². The molecule has 1 aliphatic rings. The lowest BCUT2D eigenvalue weighted by Crippen LogP contribution is -2.15. The van der Waals surface area contributed by atoms with E-state index in [1.165, 1.54) is 4.91 Å². The zero-order valence-electron chi connectivity index (χ0n) is 5.64. The highest BCUT2D eigenvalue weighted by atomic mass is 32.2. The highest BCUT2D eigenvalue weighted by molar-refractivity contribution is 8.02. The first-order chi connectivity index (χ1) is 4.33. The van der Waals surface area contributed by atoms with Crippen molar-refractivity contribution in [2.24, 2.45) is 5.10 Å². The Balaban J connectivity index is 2.63. The van der Waals surface area contributed by atoms with Crippen LogP contribution in [0.3, 0.4) is 0 Å². The third-order valence-electron chi connectivity index (χ3n) is 1.14. The molecule has 9 heavy (non-hydrogen) atoms. The molecule has 0 aliphatic carbocycles. The van der Waals surface area contributed by atoms with Gasteiger partial charge in [0.25, 0.3) is 0 Å². The molecule has 0 radical (unpaired) electrons. The summed E-state index contributed by atoms with van der Waals surface area (Å²) >= 11 is 1.77. The van der Waals surface area contributed by atoms with Crippen LogP contribution in [0.1, 0.15) is 6.92 Å². The summed E-state index contributed by atoms with van der Waals surface area (Å²) in [6.45, 7) is 2.88. The molecule has 1 rings (SSSR count). The molecule has 0 aromatic rings. The molecule has 2 nitrogen and oxygen atoms in total. The molecular formula is C6H10N2S. The Morgan fingerprint density at radius 1 is 1.78 bits per heavy atom. The van der Waals surface area contributed by atoms with E-state index in [0.717, 1.165) is 12.3 Å². The lowest BCUT2D eigenvalue weighted by molar-refractivity contribution is 0.809. The first-order valence-corrected chi connectivity index (χ1v) is 4.07. The molecule has 0 saturated heterocycles. The van der Waals surface area contributed by atoms with Crippen molar-refractivity contribution in [2.45, 2.75) is 6.92 Å². The fourth-order valence-corrected chi connectivity index (χ4v) is 1.19. The van der Waals surface area contributed by atoms with Crippen LogP contribution in [0.25, 0.3) is 0 Å². The van der Waals surface area contributed by atoms with Gasteiger partial charge in [-0.15, -0.1) is 11.8 Å². The Hall–Kier alpha value is -0.440. The maximum atomic E-state index is 4.00. The van der Waals surface area contributed by atoms with Gasteiger partial charge in [-0.3, -0.25) is 0 Å². The van der Waals surface area contributed by atoms with Crippen LogP contribution in [0.2, 0.25) is 0 Å². The summed E-state index contributed by atoms with van der Waals surface area (Å²) in [5.74, 6) is 0.